The summed E-state index contributed by atoms with van der Waals surface area (Å²) in [6, 6.07) is 24.2. The Kier molecular flexibility index (Phi) is 6.63. The molecule has 1 N–H and O–H groups in total. The first-order valence-electron chi connectivity index (χ1n) is 9.38. The van der Waals surface area contributed by atoms with Gasteiger partial charge in [0.05, 0.1) is 0 Å². The highest BCUT2D eigenvalue weighted by atomic mass is 16.5. The molecular weight excluding hydrogens is 366 g/mol. The van der Waals surface area contributed by atoms with Crippen LogP contribution in [0.5, 0.6) is 5.75 Å². The molecular formula is C24H23NO4. The van der Waals surface area contributed by atoms with E-state index in [0.29, 0.717) is 5.69 Å². The van der Waals surface area contributed by atoms with Crippen LogP contribution in [0.3, 0.4) is 0 Å². The van der Waals surface area contributed by atoms with Crippen molar-refractivity contribution in [2.45, 2.75) is 26.0 Å². The summed E-state index contributed by atoms with van der Waals surface area (Å²) in [6.07, 6.45) is 0.266. The monoisotopic (exact) mass is 389 g/mol. The summed E-state index contributed by atoms with van der Waals surface area (Å²) in [6.45, 7) is 1.56. The van der Waals surface area contributed by atoms with Crippen molar-refractivity contribution in [2.24, 2.45) is 0 Å². The molecule has 0 aliphatic rings. The number of carbonyl (C=O) groups excluding carboxylic acids is 2. The molecule has 5 heteroatoms. The first-order valence-corrected chi connectivity index (χ1v) is 9.38. The van der Waals surface area contributed by atoms with Gasteiger partial charge < -0.3 is 9.84 Å². The largest absolute Gasteiger partial charge is 0.508 e. The molecule has 3 aromatic carbocycles. The fourth-order valence-electron chi connectivity index (χ4n) is 3.13. The van der Waals surface area contributed by atoms with Crippen molar-refractivity contribution in [1.82, 2.24) is 0 Å². The van der Waals surface area contributed by atoms with Gasteiger partial charge in [-0.15, -0.1) is 0 Å². The molecule has 148 valence electrons. The van der Waals surface area contributed by atoms with E-state index in [9.17, 15) is 14.7 Å². The summed E-state index contributed by atoms with van der Waals surface area (Å²) in [7, 11) is 0. The van der Waals surface area contributed by atoms with Crippen molar-refractivity contribution >= 4 is 17.6 Å². The lowest BCUT2D eigenvalue weighted by molar-refractivity contribution is -0.147. The summed E-state index contributed by atoms with van der Waals surface area (Å²) in [5.41, 5.74) is 2.31. The van der Waals surface area contributed by atoms with E-state index in [0.717, 1.165) is 11.1 Å². The highest BCUT2D eigenvalue weighted by Gasteiger charge is 2.31. The molecule has 0 saturated carbocycles. The second kappa shape index (κ2) is 9.55. The molecule has 29 heavy (non-hydrogen) atoms. The van der Waals surface area contributed by atoms with E-state index >= 15 is 0 Å². The Labute approximate surface area is 170 Å². The number of esters is 1. The molecule has 3 rings (SSSR count). The van der Waals surface area contributed by atoms with Crippen molar-refractivity contribution in [2.75, 3.05) is 4.90 Å². The lowest BCUT2D eigenvalue weighted by Gasteiger charge is -2.29. The molecule has 0 aromatic heterocycles. The van der Waals surface area contributed by atoms with Gasteiger partial charge in [0.25, 0.3) is 0 Å². The standard InChI is InChI=1S/C24H23NO4/c1-18(26)25(21-10-6-3-7-11-21)23(16-19-12-14-22(27)15-13-19)24(28)29-17-20-8-4-2-5-9-20/h2-15,23,27H,16-17H2,1H3. The topological polar surface area (TPSA) is 66.8 Å². The third-order valence-electron chi connectivity index (χ3n) is 4.55. The average Bonchev–Trinajstić information content (AvgIpc) is 2.74. The van der Waals surface area contributed by atoms with Crippen LogP contribution >= 0.6 is 0 Å². The third-order valence-corrected chi connectivity index (χ3v) is 4.55. The number of nitrogens with zero attached hydrogens (tertiary/aromatic N) is 1. The van der Waals surface area contributed by atoms with Gasteiger partial charge in [-0.05, 0) is 35.4 Å². The SMILES string of the molecule is CC(=O)N(c1ccccc1)C(Cc1ccc(O)cc1)C(=O)OCc1ccccc1. The Morgan fingerprint density at radius 3 is 2.03 bits per heavy atom. The molecule has 1 atom stereocenters. The molecule has 0 bridgehead atoms. The second-order valence-corrected chi connectivity index (χ2v) is 6.70. The van der Waals surface area contributed by atoms with E-state index in [4.69, 9.17) is 4.74 Å². The minimum absolute atomic E-state index is 0.131. The van der Waals surface area contributed by atoms with E-state index in [1.165, 1.54) is 11.8 Å². The average molecular weight is 389 g/mol. The van der Waals surface area contributed by atoms with E-state index in [1.807, 2.05) is 48.5 Å². The van der Waals surface area contributed by atoms with Crippen LogP contribution in [-0.4, -0.2) is 23.0 Å². The van der Waals surface area contributed by atoms with E-state index < -0.39 is 12.0 Å². The van der Waals surface area contributed by atoms with Crippen LogP contribution in [-0.2, 0) is 27.4 Å². The third kappa shape index (κ3) is 5.45. The molecule has 3 aromatic rings. The number of para-hydroxylation sites is 1. The number of phenols is 1. The minimum atomic E-state index is -0.830. The number of ether oxygens (including phenoxy) is 1. The Balaban J connectivity index is 1.88. The quantitative estimate of drug-likeness (QED) is 0.618. The molecule has 0 spiro atoms. The van der Waals surface area contributed by atoms with Crippen molar-refractivity contribution in [3.63, 3.8) is 0 Å². The summed E-state index contributed by atoms with van der Waals surface area (Å²) >= 11 is 0. The van der Waals surface area contributed by atoms with E-state index in [2.05, 4.69) is 0 Å². The maximum atomic E-state index is 13.0. The van der Waals surface area contributed by atoms with Crippen molar-refractivity contribution in [1.29, 1.82) is 0 Å². The van der Waals surface area contributed by atoms with Crippen LogP contribution in [0.25, 0.3) is 0 Å². The molecule has 0 radical (unpaired) electrons. The van der Waals surface area contributed by atoms with Gasteiger partial charge in [-0.25, -0.2) is 4.79 Å². The van der Waals surface area contributed by atoms with Crippen LogP contribution in [0.4, 0.5) is 5.69 Å². The highest BCUT2D eigenvalue weighted by molar-refractivity contribution is 5.98. The Hall–Kier alpha value is -3.60. The zero-order valence-corrected chi connectivity index (χ0v) is 16.2. The maximum Gasteiger partial charge on any atom is 0.329 e. The second-order valence-electron chi connectivity index (χ2n) is 6.70. The summed E-state index contributed by atoms with van der Waals surface area (Å²) < 4.78 is 5.56. The minimum Gasteiger partial charge on any atom is -0.508 e. The maximum absolute atomic E-state index is 13.0. The predicted molar refractivity (Wildman–Crippen MR) is 111 cm³/mol. The fraction of sp³-hybridized carbons (Fsp3) is 0.167. The van der Waals surface area contributed by atoms with Gasteiger partial charge in [-0.3, -0.25) is 9.69 Å². The van der Waals surface area contributed by atoms with Gasteiger partial charge in [-0.1, -0.05) is 60.7 Å². The van der Waals surface area contributed by atoms with Crippen LogP contribution in [0, 0.1) is 0 Å². The van der Waals surface area contributed by atoms with Crippen LogP contribution < -0.4 is 4.90 Å². The number of rotatable bonds is 7. The van der Waals surface area contributed by atoms with Gasteiger partial charge in [0, 0.05) is 19.0 Å². The Morgan fingerprint density at radius 2 is 1.45 bits per heavy atom. The Bertz CT molecular complexity index is 940. The van der Waals surface area contributed by atoms with Gasteiger partial charge in [-0.2, -0.15) is 0 Å². The molecule has 0 aliphatic carbocycles. The molecule has 0 aliphatic heterocycles. The highest BCUT2D eigenvalue weighted by Crippen LogP contribution is 2.22. The van der Waals surface area contributed by atoms with Crippen molar-refractivity contribution < 1.29 is 19.4 Å². The van der Waals surface area contributed by atoms with Gasteiger partial charge in [0.2, 0.25) is 5.91 Å². The number of amides is 1. The van der Waals surface area contributed by atoms with Crippen molar-refractivity contribution in [3.8, 4) is 5.75 Å². The molecule has 0 saturated heterocycles. The molecule has 5 nitrogen and oxygen atoms in total. The van der Waals surface area contributed by atoms with E-state index in [1.54, 1.807) is 36.4 Å². The van der Waals surface area contributed by atoms with Gasteiger partial charge >= 0.3 is 5.97 Å². The number of hydrogen-bond donors (Lipinski definition) is 1. The van der Waals surface area contributed by atoms with Crippen molar-refractivity contribution in [3.05, 3.63) is 96.1 Å². The van der Waals surface area contributed by atoms with Crippen LogP contribution in [0.1, 0.15) is 18.1 Å². The molecule has 1 amide bonds. The smallest absolute Gasteiger partial charge is 0.329 e. The van der Waals surface area contributed by atoms with Gasteiger partial charge in [0.15, 0.2) is 0 Å². The van der Waals surface area contributed by atoms with Crippen LogP contribution in [0.2, 0.25) is 0 Å². The number of anilines is 1. The zero-order chi connectivity index (χ0) is 20.6. The van der Waals surface area contributed by atoms with Crippen LogP contribution in [0.15, 0.2) is 84.9 Å². The lowest BCUT2D eigenvalue weighted by atomic mass is 10.0. The lowest BCUT2D eigenvalue weighted by Crippen LogP contribution is -2.46. The summed E-state index contributed by atoms with van der Waals surface area (Å²) in [5, 5.41) is 9.53. The molecule has 1 unspecified atom stereocenters. The first kappa shape index (κ1) is 20.1. The fourth-order valence-corrected chi connectivity index (χ4v) is 3.13. The number of carbonyl (C=O) groups is 2. The number of hydrogen-bond acceptors (Lipinski definition) is 4. The predicted octanol–water partition coefficient (Wildman–Crippen LogP) is 4.10. The molecule has 0 fully saturated rings. The summed E-state index contributed by atoms with van der Waals surface area (Å²) in [5.74, 6) is -0.596. The van der Waals surface area contributed by atoms with Gasteiger partial charge in [0.1, 0.15) is 18.4 Å². The Morgan fingerprint density at radius 1 is 0.862 bits per heavy atom. The van der Waals surface area contributed by atoms with E-state index in [-0.39, 0.29) is 24.7 Å². The first-order chi connectivity index (χ1) is 14.0. The normalized spacial score (nSPS) is 11.5. The number of benzene rings is 3. The zero-order valence-electron chi connectivity index (χ0n) is 16.2. The number of aromatic hydroxyl groups is 1. The number of phenolic OH excluding ortho intramolecular Hbond substituents is 1. The summed E-state index contributed by atoms with van der Waals surface area (Å²) in [4.78, 5) is 27.0. The molecule has 0 heterocycles.